The summed E-state index contributed by atoms with van der Waals surface area (Å²) in [6, 6.07) is 9.31. The van der Waals surface area contributed by atoms with Gasteiger partial charge in [-0.1, -0.05) is 30.3 Å². The summed E-state index contributed by atoms with van der Waals surface area (Å²) in [5, 5.41) is 0. The minimum atomic E-state index is -0.499. The Morgan fingerprint density at radius 2 is 1.92 bits per heavy atom. The van der Waals surface area contributed by atoms with Crippen LogP contribution in [-0.4, -0.2) is 47.3 Å². The van der Waals surface area contributed by atoms with Crippen LogP contribution < -0.4 is 5.73 Å². The molecule has 0 bridgehead atoms. The molecule has 2 aliphatic rings. The molecule has 5 nitrogen and oxygen atoms in total. The maximum Gasteiger partial charge on any atom is 0.250 e. The molecule has 0 aliphatic carbocycles. The van der Waals surface area contributed by atoms with Crippen molar-refractivity contribution in [2.75, 3.05) is 19.6 Å². The molecule has 3 rings (SSSR count). The molecule has 5 heteroatoms. The van der Waals surface area contributed by atoms with Crippen molar-refractivity contribution in [2.45, 2.75) is 51.1 Å². The number of nitrogens with two attached hydrogens (primary N) is 1. The number of benzene rings is 1. The Balaban J connectivity index is 1.86. The molecule has 3 atom stereocenters. The fourth-order valence-electron chi connectivity index (χ4n) is 4.00. The van der Waals surface area contributed by atoms with Crippen LogP contribution >= 0.6 is 0 Å². The Labute approximate surface area is 150 Å². The van der Waals surface area contributed by atoms with Crippen molar-refractivity contribution < 1.29 is 9.59 Å². The molecule has 2 heterocycles. The molecule has 0 aromatic heterocycles. The minimum Gasteiger partial charge on any atom is -0.340 e. The normalized spacial score (nSPS) is 24.1. The molecule has 2 saturated heterocycles. The lowest BCUT2D eigenvalue weighted by molar-refractivity contribution is -0.149. The number of nitrogens with zero attached hydrogens (tertiary/aromatic N) is 2. The highest BCUT2D eigenvalue weighted by molar-refractivity contribution is 5.89. The van der Waals surface area contributed by atoms with Crippen molar-refractivity contribution in [1.29, 1.82) is 0 Å². The molecule has 2 amide bonds. The van der Waals surface area contributed by atoms with Crippen LogP contribution in [0.3, 0.4) is 0 Å². The van der Waals surface area contributed by atoms with Crippen LogP contribution in [0, 0.1) is 5.92 Å². The first-order chi connectivity index (χ1) is 12.1. The fourth-order valence-corrected chi connectivity index (χ4v) is 4.00. The Morgan fingerprint density at radius 1 is 1.16 bits per heavy atom. The molecule has 2 N–H and O–H groups in total. The van der Waals surface area contributed by atoms with Gasteiger partial charge >= 0.3 is 0 Å². The van der Waals surface area contributed by atoms with Crippen molar-refractivity contribution in [3.8, 4) is 0 Å². The number of likely N-dealkylation sites (tertiary alicyclic amines) is 2. The van der Waals surface area contributed by atoms with Gasteiger partial charge < -0.3 is 15.5 Å². The SMILES string of the molecule is CC(N)C1CCCN(C(=O)C(c2ccccc2)N2CCCCC2=O)C1. The molecule has 0 radical (unpaired) electrons. The van der Waals surface area contributed by atoms with E-state index in [1.165, 1.54) is 0 Å². The van der Waals surface area contributed by atoms with E-state index in [2.05, 4.69) is 0 Å². The summed E-state index contributed by atoms with van der Waals surface area (Å²) in [7, 11) is 0. The second kappa shape index (κ2) is 8.00. The lowest BCUT2D eigenvalue weighted by Crippen LogP contribution is -2.51. The smallest absolute Gasteiger partial charge is 0.250 e. The Morgan fingerprint density at radius 3 is 2.60 bits per heavy atom. The van der Waals surface area contributed by atoms with Crippen LogP contribution in [0.2, 0.25) is 0 Å². The van der Waals surface area contributed by atoms with Gasteiger partial charge in [0.25, 0.3) is 0 Å². The Hall–Kier alpha value is -1.88. The summed E-state index contributed by atoms with van der Waals surface area (Å²) in [5.74, 6) is 0.479. The van der Waals surface area contributed by atoms with Crippen LogP contribution in [0.25, 0.3) is 0 Å². The first-order valence-electron chi connectivity index (χ1n) is 9.46. The summed E-state index contributed by atoms with van der Waals surface area (Å²) in [4.78, 5) is 29.6. The topological polar surface area (TPSA) is 66.6 Å². The molecule has 25 heavy (non-hydrogen) atoms. The number of hydrogen-bond donors (Lipinski definition) is 1. The van der Waals surface area contributed by atoms with Gasteiger partial charge in [0, 0.05) is 32.1 Å². The fraction of sp³-hybridized carbons (Fsp3) is 0.600. The molecule has 0 saturated carbocycles. The van der Waals surface area contributed by atoms with Crippen molar-refractivity contribution >= 4 is 11.8 Å². The van der Waals surface area contributed by atoms with Gasteiger partial charge in [0.05, 0.1) is 0 Å². The summed E-state index contributed by atoms with van der Waals surface area (Å²) in [6.45, 7) is 4.13. The largest absolute Gasteiger partial charge is 0.340 e. The van der Waals surface area contributed by atoms with Gasteiger partial charge in [0.15, 0.2) is 0 Å². The van der Waals surface area contributed by atoms with Crippen molar-refractivity contribution in [3.63, 3.8) is 0 Å². The summed E-state index contributed by atoms with van der Waals surface area (Å²) in [5.41, 5.74) is 6.99. The van der Waals surface area contributed by atoms with Gasteiger partial charge in [-0.25, -0.2) is 0 Å². The number of amides is 2. The molecule has 2 aliphatic heterocycles. The van der Waals surface area contributed by atoms with E-state index in [0.717, 1.165) is 37.8 Å². The highest BCUT2D eigenvalue weighted by atomic mass is 16.2. The summed E-state index contributed by atoms with van der Waals surface area (Å²) in [6.07, 6.45) is 4.47. The third-order valence-corrected chi connectivity index (χ3v) is 5.53. The van der Waals surface area contributed by atoms with E-state index >= 15 is 0 Å². The van der Waals surface area contributed by atoms with E-state index in [-0.39, 0.29) is 17.9 Å². The van der Waals surface area contributed by atoms with E-state index in [1.807, 2.05) is 42.2 Å². The highest BCUT2D eigenvalue weighted by Gasteiger charge is 2.37. The van der Waals surface area contributed by atoms with Gasteiger partial charge in [-0.15, -0.1) is 0 Å². The molecule has 1 aromatic carbocycles. The Bertz CT molecular complexity index is 602. The van der Waals surface area contributed by atoms with Crippen LogP contribution in [0.5, 0.6) is 0 Å². The maximum absolute atomic E-state index is 13.4. The van der Waals surface area contributed by atoms with Gasteiger partial charge in [0.2, 0.25) is 11.8 Å². The highest BCUT2D eigenvalue weighted by Crippen LogP contribution is 2.29. The molecule has 1 aromatic rings. The maximum atomic E-state index is 13.4. The zero-order chi connectivity index (χ0) is 17.8. The third kappa shape index (κ3) is 4.03. The average molecular weight is 343 g/mol. The molecule has 136 valence electrons. The van der Waals surface area contributed by atoms with E-state index < -0.39 is 6.04 Å². The number of carbonyl (C=O) groups is 2. The number of rotatable bonds is 4. The standard InChI is InChI=1S/C20H29N3O2/c1-15(21)17-10-7-12-22(14-17)20(25)19(16-8-3-2-4-9-16)23-13-6-5-11-18(23)24/h2-4,8-9,15,17,19H,5-7,10-14,21H2,1H3. The molecule has 3 unspecified atom stereocenters. The molecule has 2 fully saturated rings. The van der Waals surface area contributed by atoms with Gasteiger partial charge in [-0.05, 0) is 44.1 Å². The number of hydrogen-bond acceptors (Lipinski definition) is 3. The second-order valence-corrected chi connectivity index (χ2v) is 7.40. The van der Waals surface area contributed by atoms with Crippen LogP contribution in [0.4, 0.5) is 0 Å². The van der Waals surface area contributed by atoms with E-state index in [1.54, 1.807) is 4.90 Å². The first kappa shape index (κ1) is 17.9. The van der Waals surface area contributed by atoms with Crippen LogP contribution in [0.1, 0.15) is 50.6 Å². The monoisotopic (exact) mass is 343 g/mol. The quantitative estimate of drug-likeness (QED) is 0.912. The zero-order valence-electron chi connectivity index (χ0n) is 15.1. The number of piperidine rings is 2. The predicted octanol–water partition coefficient (Wildman–Crippen LogP) is 2.33. The average Bonchev–Trinajstić information content (AvgIpc) is 2.64. The van der Waals surface area contributed by atoms with Crippen molar-refractivity contribution in [3.05, 3.63) is 35.9 Å². The first-order valence-corrected chi connectivity index (χ1v) is 9.46. The lowest BCUT2D eigenvalue weighted by atomic mass is 9.91. The summed E-state index contributed by atoms with van der Waals surface area (Å²) >= 11 is 0. The van der Waals surface area contributed by atoms with E-state index in [4.69, 9.17) is 5.73 Å². The van der Waals surface area contributed by atoms with Crippen LogP contribution in [-0.2, 0) is 9.59 Å². The third-order valence-electron chi connectivity index (χ3n) is 5.53. The van der Waals surface area contributed by atoms with Gasteiger partial charge in [-0.3, -0.25) is 9.59 Å². The second-order valence-electron chi connectivity index (χ2n) is 7.40. The molecule has 0 spiro atoms. The van der Waals surface area contributed by atoms with Crippen molar-refractivity contribution in [1.82, 2.24) is 9.80 Å². The van der Waals surface area contributed by atoms with Gasteiger partial charge in [0.1, 0.15) is 6.04 Å². The lowest BCUT2D eigenvalue weighted by Gasteiger charge is -2.40. The molecular formula is C20H29N3O2. The summed E-state index contributed by atoms with van der Waals surface area (Å²) < 4.78 is 0. The van der Waals surface area contributed by atoms with Gasteiger partial charge in [-0.2, -0.15) is 0 Å². The minimum absolute atomic E-state index is 0.0480. The Kier molecular flexibility index (Phi) is 5.74. The van der Waals surface area contributed by atoms with E-state index in [0.29, 0.717) is 25.4 Å². The molecular weight excluding hydrogens is 314 g/mol. The predicted molar refractivity (Wildman–Crippen MR) is 97.7 cm³/mol. The van der Waals surface area contributed by atoms with Crippen LogP contribution in [0.15, 0.2) is 30.3 Å². The van der Waals surface area contributed by atoms with Crippen molar-refractivity contribution in [2.24, 2.45) is 11.7 Å². The number of carbonyl (C=O) groups excluding carboxylic acids is 2. The van der Waals surface area contributed by atoms with E-state index in [9.17, 15) is 9.59 Å². The zero-order valence-corrected chi connectivity index (χ0v) is 15.1.